The average molecular weight is 406 g/mol. The lowest BCUT2D eigenvalue weighted by atomic mass is 10.2. The Bertz CT molecular complexity index is 971. The summed E-state index contributed by atoms with van der Waals surface area (Å²) in [5, 5.41) is 18.2. The number of carbonyl (C=O) groups excluding carboxylic acids is 2. The van der Waals surface area contributed by atoms with Crippen LogP contribution >= 0.6 is 0 Å². The quantitative estimate of drug-likeness (QED) is 0.538. The van der Waals surface area contributed by atoms with Crippen LogP contribution in [0.25, 0.3) is 11.4 Å². The Kier molecular flexibility index (Phi) is 7.65. The van der Waals surface area contributed by atoms with Crippen LogP contribution in [-0.2, 0) is 22.7 Å². The van der Waals surface area contributed by atoms with Gasteiger partial charge in [-0.3, -0.25) is 9.59 Å². The molecule has 0 unspecified atom stereocenters. The maximum atomic E-state index is 12.1. The van der Waals surface area contributed by atoms with Crippen molar-refractivity contribution in [3.8, 4) is 11.4 Å². The van der Waals surface area contributed by atoms with E-state index in [2.05, 4.69) is 26.0 Å². The van der Waals surface area contributed by atoms with Gasteiger partial charge in [-0.25, -0.2) is 0 Å². The van der Waals surface area contributed by atoms with Crippen LogP contribution in [0.1, 0.15) is 38.2 Å². The number of nitrogens with zero attached hydrogens (tertiary/aromatic N) is 4. The first kappa shape index (κ1) is 21.2. The highest BCUT2D eigenvalue weighted by Crippen LogP contribution is 2.13. The number of aromatic nitrogens is 4. The second-order valence-electron chi connectivity index (χ2n) is 6.95. The first-order valence-corrected chi connectivity index (χ1v) is 10.1. The van der Waals surface area contributed by atoms with Crippen LogP contribution in [0.4, 0.5) is 5.69 Å². The molecule has 0 radical (unpaired) electrons. The molecule has 3 aromatic rings. The van der Waals surface area contributed by atoms with Gasteiger partial charge in [0.1, 0.15) is 0 Å². The zero-order valence-electron chi connectivity index (χ0n) is 17.0. The van der Waals surface area contributed by atoms with Gasteiger partial charge in [-0.05, 0) is 35.8 Å². The fraction of sp³-hybridized carbons (Fsp3) is 0.318. The maximum Gasteiger partial charge on any atom is 0.224 e. The van der Waals surface area contributed by atoms with Gasteiger partial charge < -0.3 is 10.6 Å². The summed E-state index contributed by atoms with van der Waals surface area (Å²) in [6, 6.07) is 17.1. The molecule has 156 valence electrons. The van der Waals surface area contributed by atoms with Crippen molar-refractivity contribution in [3.63, 3.8) is 0 Å². The number of aryl methyl sites for hydroxylation is 1. The molecular formula is C22H26N6O2. The van der Waals surface area contributed by atoms with Gasteiger partial charge >= 0.3 is 0 Å². The summed E-state index contributed by atoms with van der Waals surface area (Å²) in [6.07, 6.45) is 2.28. The summed E-state index contributed by atoms with van der Waals surface area (Å²) in [5.41, 5.74) is 2.59. The van der Waals surface area contributed by atoms with E-state index in [-0.39, 0.29) is 11.8 Å². The van der Waals surface area contributed by atoms with Gasteiger partial charge in [-0.15, -0.1) is 10.2 Å². The zero-order chi connectivity index (χ0) is 21.2. The van der Waals surface area contributed by atoms with Crippen LogP contribution in [0.15, 0.2) is 54.6 Å². The Hall–Kier alpha value is -3.55. The van der Waals surface area contributed by atoms with E-state index in [0.29, 0.717) is 38.2 Å². The van der Waals surface area contributed by atoms with Crippen molar-refractivity contribution in [2.24, 2.45) is 0 Å². The Labute approximate surface area is 175 Å². The van der Waals surface area contributed by atoms with Crippen molar-refractivity contribution in [3.05, 3.63) is 60.2 Å². The standard InChI is InChI=1S/C22H26N6O2/c1-2-8-21(30)24-19-12-6-9-17(15-19)16-23-20(29)13-7-14-28-26-22(25-27-28)18-10-4-3-5-11-18/h3-6,9-12,15H,2,7-8,13-14,16H2,1H3,(H,23,29)(H,24,30). The van der Waals surface area contributed by atoms with Crippen molar-refractivity contribution in [2.75, 3.05) is 5.32 Å². The lowest BCUT2D eigenvalue weighted by Gasteiger charge is -2.08. The van der Waals surface area contributed by atoms with Crippen LogP contribution in [0.3, 0.4) is 0 Å². The summed E-state index contributed by atoms with van der Waals surface area (Å²) < 4.78 is 0. The molecule has 1 aromatic heterocycles. The second-order valence-corrected chi connectivity index (χ2v) is 6.95. The fourth-order valence-electron chi connectivity index (χ4n) is 2.92. The summed E-state index contributed by atoms with van der Waals surface area (Å²) >= 11 is 0. The highest BCUT2D eigenvalue weighted by molar-refractivity contribution is 5.90. The van der Waals surface area contributed by atoms with Crippen LogP contribution in [0.5, 0.6) is 0 Å². The summed E-state index contributed by atoms with van der Waals surface area (Å²) in [7, 11) is 0. The third-order valence-electron chi connectivity index (χ3n) is 4.42. The van der Waals surface area contributed by atoms with Gasteiger partial charge in [0.15, 0.2) is 0 Å². The molecule has 0 atom stereocenters. The third-order valence-corrected chi connectivity index (χ3v) is 4.42. The van der Waals surface area contributed by atoms with Crippen molar-refractivity contribution in [1.29, 1.82) is 0 Å². The Balaban J connectivity index is 1.40. The van der Waals surface area contributed by atoms with Gasteiger partial charge in [0.05, 0.1) is 6.54 Å². The Morgan fingerprint density at radius 3 is 2.63 bits per heavy atom. The van der Waals surface area contributed by atoms with E-state index in [1.54, 1.807) is 0 Å². The van der Waals surface area contributed by atoms with Gasteiger partial charge in [0.25, 0.3) is 0 Å². The largest absolute Gasteiger partial charge is 0.352 e. The fourth-order valence-corrected chi connectivity index (χ4v) is 2.92. The summed E-state index contributed by atoms with van der Waals surface area (Å²) in [4.78, 5) is 25.4. The molecule has 2 amide bonds. The first-order chi connectivity index (χ1) is 14.6. The van der Waals surface area contributed by atoms with E-state index < -0.39 is 0 Å². The monoisotopic (exact) mass is 406 g/mol. The average Bonchev–Trinajstić information content (AvgIpc) is 3.22. The molecule has 2 N–H and O–H groups in total. The number of hydrogen-bond acceptors (Lipinski definition) is 5. The first-order valence-electron chi connectivity index (χ1n) is 10.1. The van der Waals surface area contributed by atoms with Crippen molar-refractivity contribution >= 4 is 17.5 Å². The Morgan fingerprint density at radius 2 is 1.83 bits per heavy atom. The minimum Gasteiger partial charge on any atom is -0.352 e. The SMILES string of the molecule is CCCC(=O)Nc1cccc(CNC(=O)CCCn2nnc(-c3ccccc3)n2)c1. The second kappa shape index (κ2) is 10.8. The Morgan fingerprint density at radius 1 is 1.00 bits per heavy atom. The van der Waals surface area contributed by atoms with Crippen LogP contribution in [0.2, 0.25) is 0 Å². The molecule has 0 aliphatic heterocycles. The van der Waals surface area contributed by atoms with E-state index in [1.807, 2.05) is 61.5 Å². The molecule has 3 rings (SSSR count). The van der Waals surface area contributed by atoms with E-state index in [4.69, 9.17) is 0 Å². The van der Waals surface area contributed by atoms with Gasteiger partial charge in [0, 0.05) is 30.6 Å². The number of carbonyl (C=O) groups is 2. The molecule has 0 fully saturated rings. The predicted molar refractivity (Wildman–Crippen MR) is 114 cm³/mol. The lowest BCUT2D eigenvalue weighted by Crippen LogP contribution is -2.23. The number of hydrogen-bond donors (Lipinski definition) is 2. The molecule has 0 spiro atoms. The number of benzene rings is 2. The number of amides is 2. The van der Waals surface area contributed by atoms with Crippen molar-refractivity contribution < 1.29 is 9.59 Å². The van der Waals surface area contributed by atoms with Crippen molar-refractivity contribution in [1.82, 2.24) is 25.5 Å². The van der Waals surface area contributed by atoms with Crippen molar-refractivity contribution in [2.45, 2.75) is 45.7 Å². The van der Waals surface area contributed by atoms with E-state index in [0.717, 1.165) is 23.2 Å². The molecule has 0 saturated heterocycles. The molecule has 0 saturated carbocycles. The molecule has 30 heavy (non-hydrogen) atoms. The van der Waals surface area contributed by atoms with Gasteiger partial charge in [-0.2, -0.15) is 4.80 Å². The number of nitrogens with one attached hydrogen (secondary N) is 2. The highest BCUT2D eigenvalue weighted by Gasteiger charge is 2.07. The molecule has 0 aliphatic rings. The summed E-state index contributed by atoms with van der Waals surface area (Å²) in [5.74, 6) is 0.528. The molecule has 0 bridgehead atoms. The van der Waals surface area contributed by atoms with Gasteiger partial charge in [0.2, 0.25) is 17.6 Å². The van der Waals surface area contributed by atoms with Crippen LogP contribution in [0, 0.1) is 0 Å². The van der Waals surface area contributed by atoms with Crippen LogP contribution < -0.4 is 10.6 Å². The minimum absolute atomic E-state index is 0.00386. The molecule has 0 aliphatic carbocycles. The summed E-state index contributed by atoms with van der Waals surface area (Å²) in [6.45, 7) is 2.90. The van der Waals surface area contributed by atoms with Crippen LogP contribution in [-0.4, -0.2) is 32.0 Å². The predicted octanol–water partition coefficient (Wildman–Crippen LogP) is 3.18. The molecule has 8 heteroatoms. The maximum absolute atomic E-state index is 12.1. The smallest absolute Gasteiger partial charge is 0.224 e. The minimum atomic E-state index is -0.0428. The molecule has 1 heterocycles. The number of rotatable bonds is 10. The molecule has 8 nitrogen and oxygen atoms in total. The lowest BCUT2D eigenvalue weighted by molar-refractivity contribution is -0.121. The van der Waals surface area contributed by atoms with E-state index >= 15 is 0 Å². The number of anilines is 1. The molecular weight excluding hydrogens is 380 g/mol. The van der Waals surface area contributed by atoms with Gasteiger partial charge in [-0.1, -0.05) is 49.4 Å². The highest BCUT2D eigenvalue weighted by atomic mass is 16.2. The van der Waals surface area contributed by atoms with E-state index in [9.17, 15) is 9.59 Å². The normalized spacial score (nSPS) is 10.6. The van der Waals surface area contributed by atoms with E-state index in [1.165, 1.54) is 4.80 Å². The molecule has 2 aromatic carbocycles. The third kappa shape index (κ3) is 6.51. The zero-order valence-corrected chi connectivity index (χ0v) is 17.0. The topological polar surface area (TPSA) is 102 Å². The number of tetrazole rings is 1.